The highest BCUT2D eigenvalue weighted by Gasteiger charge is 2.17. The van der Waals surface area contributed by atoms with Gasteiger partial charge in [0, 0.05) is 31.9 Å². The zero-order valence-electron chi connectivity index (χ0n) is 10.9. The zero-order valence-corrected chi connectivity index (χ0v) is 10.9. The van der Waals surface area contributed by atoms with Crippen molar-refractivity contribution < 1.29 is 4.39 Å². The first kappa shape index (κ1) is 11.8. The number of nitrogens with zero attached hydrogens (tertiary/aromatic N) is 2. The van der Waals surface area contributed by atoms with Gasteiger partial charge in [0.1, 0.15) is 5.82 Å². The van der Waals surface area contributed by atoms with Crippen LogP contribution in [-0.2, 0) is 0 Å². The van der Waals surface area contributed by atoms with E-state index in [9.17, 15) is 4.39 Å². The summed E-state index contributed by atoms with van der Waals surface area (Å²) in [7, 11) is 0. The maximum absolute atomic E-state index is 14.2. The Hall–Kier alpha value is -1.25. The fraction of sp³-hybridized carbons (Fsp3) is 0.600. The highest BCUT2D eigenvalue weighted by atomic mass is 19.1. The molecule has 2 saturated heterocycles. The van der Waals surface area contributed by atoms with Gasteiger partial charge in [-0.3, -0.25) is 0 Å². The Morgan fingerprint density at radius 2 is 1.39 bits per heavy atom. The molecule has 2 aliphatic heterocycles. The van der Waals surface area contributed by atoms with Gasteiger partial charge < -0.3 is 9.80 Å². The minimum atomic E-state index is -0.0544. The molecule has 0 atom stereocenters. The summed E-state index contributed by atoms with van der Waals surface area (Å²) in [6, 6.07) is 5.77. The second-order valence-electron chi connectivity index (χ2n) is 5.38. The van der Waals surface area contributed by atoms with Gasteiger partial charge in [-0.05, 0) is 50.3 Å². The lowest BCUT2D eigenvalue weighted by atomic mass is 10.1. The molecule has 2 nitrogen and oxygen atoms in total. The number of anilines is 2. The molecule has 0 aliphatic carbocycles. The number of hydrogen-bond donors (Lipinski definition) is 0. The molecule has 2 heterocycles. The van der Waals surface area contributed by atoms with Crippen molar-refractivity contribution in [2.75, 3.05) is 36.0 Å². The van der Waals surface area contributed by atoms with Crippen LogP contribution in [0.4, 0.5) is 15.8 Å². The van der Waals surface area contributed by atoms with Crippen molar-refractivity contribution in [3.05, 3.63) is 24.0 Å². The molecule has 2 aliphatic rings. The topological polar surface area (TPSA) is 6.48 Å². The maximum Gasteiger partial charge on any atom is 0.148 e. The molecule has 98 valence electrons. The van der Waals surface area contributed by atoms with E-state index in [2.05, 4.69) is 15.9 Å². The average molecular weight is 248 g/mol. The smallest absolute Gasteiger partial charge is 0.148 e. The first-order valence-electron chi connectivity index (χ1n) is 7.14. The van der Waals surface area contributed by atoms with Crippen LogP contribution in [0.5, 0.6) is 0 Å². The predicted octanol–water partition coefficient (Wildman–Crippen LogP) is 3.42. The van der Waals surface area contributed by atoms with E-state index in [1.54, 1.807) is 6.07 Å². The third kappa shape index (κ3) is 2.31. The Morgan fingerprint density at radius 1 is 0.778 bits per heavy atom. The normalized spacial score (nSPS) is 20.5. The molecule has 0 unspecified atom stereocenters. The highest BCUT2D eigenvalue weighted by molar-refractivity contribution is 5.58. The van der Waals surface area contributed by atoms with Crippen molar-refractivity contribution in [1.82, 2.24) is 0 Å². The van der Waals surface area contributed by atoms with Gasteiger partial charge in [-0.1, -0.05) is 0 Å². The lowest BCUT2D eigenvalue weighted by molar-refractivity contribution is 0.557. The second kappa shape index (κ2) is 5.17. The Bertz CT molecular complexity index is 407. The molecular formula is C15H21FN2. The fourth-order valence-electron chi connectivity index (χ4n) is 3.06. The van der Waals surface area contributed by atoms with Crippen molar-refractivity contribution in [1.29, 1.82) is 0 Å². The molecule has 0 saturated carbocycles. The van der Waals surface area contributed by atoms with Crippen LogP contribution in [-0.4, -0.2) is 26.2 Å². The molecule has 18 heavy (non-hydrogen) atoms. The summed E-state index contributed by atoms with van der Waals surface area (Å²) in [6.45, 7) is 4.14. The first-order chi connectivity index (χ1) is 8.84. The Morgan fingerprint density at radius 3 is 2.06 bits per heavy atom. The van der Waals surface area contributed by atoms with Gasteiger partial charge in [0.25, 0.3) is 0 Å². The van der Waals surface area contributed by atoms with Crippen molar-refractivity contribution in [3.63, 3.8) is 0 Å². The molecule has 0 spiro atoms. The third-order valence-electron chi connectivity index (χ3n) is 4.10. The van der Waals surface area contributed by atoms with E-state index in [-0.39, 0.29) is 5.82 Å². The van der Waals surface area contributed by atoms with E-state index in [1.807, 2.05) is 6.07 Å². The molecule has 0 N–H and O–H groups in total. The summed E-state index contributed by atoms with van der Waals surface area (Å²) in [5.41, 5.74) is 1.84. The summed E-state index contributed by atoms with van der Waals surface area (Å²) in [5, 5.41) is 0. The summed E-state index contributed by atoms with van der Waals surface area (Å²) in [6.07, 6.45) is 6.12. The molecule has 0 bridgehead atoms. The molecule has 1 aromatic rings. The Labute approximate surface area is 108 Å². The molecule has 0 aromatic heterocycles. The van der Waals surface area contributed by atoms with Crippen molar-refractivity contribution in [2.24, 2.45) is 0 Å². The minimum absolute atomic E-state index is 0.0544. The molecule has 1 aromatic carbocycles. The molecule has 3 rings (SSSR count). The van der Waals surface area contributed by atoms with Crippen LogP contribution < -0.4 is 9.80 Å². The first-order valence-corrected chi connectivity index (χ1v) is 7.14. The average Bonchev–Trinajstić information content (AvgIpc) is 2.93. The van der Waals surface area contributed by atoms with E-state index in [0.717, 1.165) is 37.6 Å². The summed E-state index contributed by atoms with van der Waals surface area (Å²) >= 11 is 0. The summed E-state index contributed by atoms with van der Waals surface area (Å²) in [4.78, 5) is 4.47. The molecule has 3 heteroatoms. The predicted molar refractivity (Wildman–Crippen MR) is 73.9 cm³/mol. The molecule has 0 radical (unpaired) electrons. The second-order valence-corrected chi connectivity index (χ2v) is 5.38. The molecular weight excluding hydrogens is 227 g/mol. The lowest BCUT2D eigenvalue weighted by Crippen LogP contribution is -2.30. The van der Waals surface area contributed by atoms with E-state index in [4.69, 9.17) is 0 Å². The van der Waals surface area contributed by atoms with Gasteiger partial charge in [0.2, 0.25) is 0 Å². The maximum atomic E-state index is 14.2. The van der Waals surface area contributed by atoms with Crippen LogP contribution in [0.2, 0.25) is 0 Å². The van der Waals surface area contributed by atoms with Crippen LogP contribution in [0.15, 0.2) is 18.2 Å². The highest BCUT2D eigenvalue weighted by Crippen LogP contribution is 2.28. The van der Waals surface area contributed by atoms with Gasteiger partial charge >= 0.3 is 0 Å². The third-order valence-corrected chi connectivity index (χ3v) is 4.10. The number of halogens is 1. The Balaban J connectivity index is 1.79. The van der Waals surface area contributed by atoms with Gasteiger partial charge in [-0.15, -0.1) is 0 Å². The number of hydrogen-bond acceptors (Lipinski definition) is 2. The van der Waals surface area contributed by atoms with E-state index < -0.39 is 0 Å². The number of benzene rings is 1. The van der Waals surface area contributed by atoms with Gasteiger partial charge in [0.15, 0.2) is 0 Å². The quantitative estimate of drug-likeness (QED) is 0.791. The number of piperidine rings is 1. The lowest BCUT2D eigenvalue weighted by Gasteiger charge is -2.29. The van der Waals surface area contributed by atoms with Crippen LogP contribution >= 0.6 is 0 Å². The van der Waals surface area contributed by atoms with Crippen molar-refractivity contribution in [2.45, 2.75) is 32.1 Å². The van der Waals surface area contributed by atoms with Crippen LogP contribution in [0.1, 0.15) is 32.1 Å². The van der Waals surface area contributed by atoms with E-state index in [0.29, 0.717) is 0 Å². The van der Waals surface area contributed by atoms with Crippen LogP contribution in [0.3, 0.4) is 0 Å². The SMILES string of the molecule is Fc1cc(N2CCCC2)ccc1N1CCCCC1. The van der Waals surface area contributed by atoms with Crippen molar-refractivity contribution in [3.8, 4) is 0 Å². The summed E-state index contributed by atoms with van der Waals surface area (Å²) in [5.74, 6) is -0.0544. The Kier molecular flexibility index (Phi) is 3.39. The van der Waals surface area contributed by atoms with Crippen LogP contribution in [0, 0.1) is 5.82 Å². The number of rotatable bonds is 2. The van der Waals surface area contributed by atoms with E-state index in [1.165, 1.54) is 32.1 Å². The monoisotopic (exact) mass is 248 g/mol. The van der Waals surface area contributed by atoms with Crippen molar-refractivity contribution >= 4 is 11.4 Å². The van der Waals surface area contributed by atoms with Gasteiger partial charge in [-0.2, -0.15) is 0 Å². The molecule has 2 fully saturated rings. The zero-order chi connectivity index (χ0) is 12.4. The largest absolute Gasteiger partial charge is 0.371 e. The molecule has 0 amide bonds. The van der Waals surface area contributed by atoms with Crippen LogP contribution in [0.25, 0.3) is 0 Å². The summed E-state index contributed by atoms with van der Waals surface area (Å²) < 4.78 is 14.2. The standard InChI is InChI=1S/C15H21FN2/c16-14-12-13(17-8-4-5-9-17)6-7-15(14)18-10-2-1-3-11-18/h6-7,12H,1-5,8-11H2. The fourth-order valence-corrected chi connectivity index (χ4v) is 3.06. The van der Waals surface area contributed by atoms with Gasteiger partial charge in [-0.25, -0.2) is 4.39 Å². The minimum Gasteiger partial charge on any atom is -0.371 e. The van der Waals surface area contributed by atoms with Gasteiger partial charge in [0.05, 0.1) is 5.69 Å². The van der Waals surface area contributed by atoms with E-state index >= 15 is 0 Å².